The fourth-order valence-electron chi connectivity index (χ4n) is 1.94. The Morgan fingerprint density at radius 2 is 1.96 bits per heavy atom. The predicted molar refractivity (Wildman–Crippen MR) is 83.1 cm³/mol. The zero-order valence-corrected chi connectivity index (χ0v) is 13.3. The summed E-state index contributed by atoms with van der Waals surface area (Å²) in [6, 6.07) is 4.55. The van der Waals surface area contributed by atoms with Crippen LogP contribution in [0.4, 0.5) is 0 Å². The lowest BCUT2D eigenvalue weighted by Crippen LogP contribution is -2.46. The third-order valence-corrected chi connectivity index (χ3v) is 3.40. The highest BCUT2D eigenvalue weighted by Gasteiger charge is 2.22. The number of benzene rings is 1. The van der Waals surface area contributed by atoms with Gasteiger partial charge in [0.25, 0.3) is 11.8 Å². The van der Waals surface area contributed by atoms with E-state index in [0.29, 0.717) is 10.8 Å². The van der Waals surface area contributed by atoms with E-state index in [4.69, 9.17) is 16.3 Å². The minimum absolute atomic E-state index is 0.158. The van der Waals surface area contributed by atoms with E-state index in [1.807, 2.05) is 0 Å². The van der Waals surface area contributed by atoms with Gasteiger partial charge in [-0.3, -0.25) is 25.2 Å². The highest BCUT2D eigenvalue weighted by molar-refractivity contribution is 6.39. The number of hydrazine groups is 1. The Labute approximate surface area is 137 Å². The van der Waals surface area contributed by atoms with Crippen molar-refractivity contribution in [1.29, 1.82) is 0 Å². The Morgan fingerprint density at radius 1 is 1.26 bits per heavy atom. The van der Waals surface area contributed by atoms with Crippen LogP contribution in [-0.4, -0.2) is 42.6 Å². The first kappa shape index (κ1) is 16.8. The number of hydrogen-bond donors (Lipinski definition) is 2. The first-order valence-electron chi connectivity index (χ1n) is 6.70. The molecule has 0 aliphatic carbocycles. The third-order valence-electron chi connectivity index (χ3n) is 3.17. The molecule has 1 aromatic carbocycles. The molecule has 0 bridgehead atoms. The maximum Gasteiger partial charge on any atom is 0.285 e. The van der Waals surface area contributed by atoms with Gasteiger partial charge in [0.1, 0.15) is 11.5 Å². The Bertz CT molecular complexity index is 689. The number of ether oxygens (including phenoxy) is 1. The van der Waals surface area contributed by atoms with Crippen LogP contribution < -0.4 is 15.6 Å². The predicted octanol–water partition coefficient (Wildman–Crippen LogP) is 0.718. The second-order valence-corrected chi connectivity index (χ2v) is 5.15. The molecule has 0 fully saturated rings. The molecule has 2 N–H and O–H groups in total. The van der Waals surface area contributed by atoms with E-state index in [1.54, 1.807) is 12.1 Å². The third kappa shape index (κ3) is 3.98. The topological polar surface area (TPSA) is 100 Å². The van der Waals surface area contributed by atoms with Crippen molar-refractivity contribution in [3.8, 4) is 5.75 Å². The molecule has 1 heterocycles. The number of nitrogens with one attached hydrogen (secondary N) is 2. The lowest BCUT2D eigenvalue weighted by molar-refractivity contribution is -0.130. The van der Waals surface area contributed by atoms with Gasteiger partial charge in [0, 0.05) is 24.9 Å². The van der Waals surface area contributed by atoms with E-state index < -0.39 is 11.8 Å². The van der Waals surface area contributed by atoms with E-state index in [-0.39, 0.29) is 30.0 Å². The second kappa shape index (κ2) is 7.10. The summed E-state index contributed by atoms with van der Waals surface area (Å²) in [5.74, 6) is -1.02. The van der Waals surface area contributed by atoms with Crippen LogP contribution in [0.3, 0.4) is 0 Å². The summed E-state index contributed by atoms with van der Waals surface area (Å²) in [6.07, 6.45) is 0.407. The van der Waals surface area contributed by atoms with Gasteiger partial charge < -0.3 is 4.74 Å². The van der Waals surface area contributed by atoms with Gasteiger partial charge in [0.2, 0.25) is 5.91 Å². The molecule has 3 amide bonds. The molecule has 23 heavy (non-hydrogen) atoms. The number of nitrogens with zero attached hydrogens (tertiary/aromatic N) is 2. The van der Waals surface area contributed by atoms with E-state index in [0.717, 1.165) is 5.01 Å². The second-order valence-electron chi connectivity index (χ2n) is 4.72. The summed E-state index contributed by atoms with van der Waals surface area (Å²) in [7, 11) is 2.88. The molecule has 0 spiro atoms. The zero-order valence-electron chi connectivity index (χ0n) is 12.6. The molecule has 0 atom stereocenters. The molecule has 1 aliphatic heterocycles. The summed E-state index contributed by atoms with van der Waals surface area (Å²) in [5, 5.41) is 5.31. The number of hydrazone groups is 1. The lowest BCUT2D eigenvalue weighted by atomic mass is 10.1. The van der Waals surface area contributed by atoms with Crippen molar-refractivity contribution in [2.75, 3.05) is 14.2 Å². The highest BCUT2D eigenvalue weighted by atomic mass is 35.5. The zero-order chi connectivity index (χ0) is 17.0. The Morgan fingerprint density at radius 3 is 2.61 bits per heavy atom. The number of rotatable bonds is 3. The molecule has 9 heteroatoms. The fraction of sp³-hybridized carbons (Fsp3) is 0.286. The van der Waals surface area contributed by atoms with E-state index in [2.05, 4.69) is 16.0 Å². The van der Waals surface area contributed by atoms with Gasteiger partial charge in [0.15, 0.2) is 0 Å². The summed E-state index contributed by atoms with van der Waals surface area (Å²) >= 11 is 5.85. The molecule has 0 saturated heterocycles. The SMILES string of the molecule is COc1ccc(Cl)cc1C(=O)NNC(=O)C1=NN(C)C(=O)CC1. The standard InChI is InChI=1S/C14H15ClN4O4/c1-19-12(20)6-4-10(18-19)14(22)17-16-13(21)9-7-8(15)3-5-11(9)23-2/h3,5,7H,4,6H2,1-2H3,(H,16,21)(H,17,22). The van der Waals surface area contributed by atoms with Crippen molar-refractivity contribution in [3.05, 3.63) is 28.8 Å². The Balaban J connectivity index is 2.02. The largest absolute Gasteiger partial charge is 0.496 e. The number of carbonyl (C=O) groups is 3. The summed E-state index contributed by atoms with van der Waals surface area (Å²) in [4.78, 5) is 35.4. The lowest BCUT2D eigenvalue weighted by Gasteiger charge is -2.19. The number of methoxy groups -OCH3 is 1. The van der Waals surface area contributed by atoms with Gasteiger partial charge in [-0.2, -0.15) is 5.10 Å². The molecule has 122 valence electrons. The van der Waals surface area contributed by atoms with Crippen molar-refractivity contribution in [1.82, 2.24) is 15.9 Å². The monoisotopic (exact) mass is 338 g/mol. The number of amides is 3. The molecule has 1 aromatic rings. The van der Waals surface area contributed by atoms with Crippen molar-refractivity contribution in [2.45, 2.75) is 12.8 Å². The first-order valence-corrected chi connectivity index (χ1v) is 7.08. The highest BCUT2D eigenvalue weighted by Crippen LogP contribution is 2.22. The molecular formula is C14H15ClN4O4. The summed E-state index contributed by atoms with van der Waals surface area (Å²) in [5.41, 5.74) is 4.85. The van der Waals surface area contributed by atoms with Crippen molar-refractivity contribution >= 4 is 35.0 Å². The average Bonchev–Trinajstić information content (AvgIpc) is 2.54. The molecule has 0 radical (unpaired) electrons. The normalized spacial score (nSPS) is 14.1. The maximum atomic E-state index is 12.1. The van der Waals surface area contributed by atoms with Gasteiger partial charge in [-0.15, -0.1) is 0 Å². The van der Waals surface area contributed by atoms with Gasteiger partial charge in [0.05, 0.1) is 12.7 Å². The van der Waals surface area contributed by atoms with Gasteiger partial charge in [-0.05, 0) is 18.2 Å². The van der Waals surface area contributed by atoms with Crippen LogP contribution in [0.25, 0.3) is 0 Å². The Kier molecular flexibility index (Phi) is 5.17. The number of halogens is 1. The molecule has 8 nitrogen and oxygen atoms in total. The van der Waals surface area contributed by atoms with Crippen LogP contribution in [0.1, 0.15) is 23.2 Å². The van der Waals surface area contributed by atoms with Crippen LogP contribution in [0, 0.1) is 0 Å². The maximum absolute atomic E-state index is 12.1. The molecule has 0 aromatic heterocycles. The summed E-state index contributed by atoms with van der Waals surface area (Å²) < 4.78 is 5.07. The minimum atomic E-state index is -0.585. The molecule has 2 rings (SSSR count). The van der Waals surface area contributed by atoms with E-state index >= 15 is 0 Å². The molecule has 1 aliphatic rings. The van der Waals surface area contributed by atoms with Crippen molar-refractivity contribution in [3.63, 3.8) is 0 Å². The van der Waals surface area contributed by atoms with Crippen LogP contribution >= 0.6 is 11.6 Å². The van der Waals surface area contributed by atoms with Crippen LogP contribution in [0.2, 0.25) is 5.02 Å². The smallest absolute Gasteiger partial charge is 0.285 e. The Hall–Kier alpha value is -2.61. The quantitative estimate of drug-likeness (QED) is 0.793. The molecule has 0 saturated carbocycles. The van der Waals surface area contributed by atoms with Gasteiger partial charge in [-0.1, -0.05) is 11.6 Å². The van der Waals surface area contributed by atoms with Gasteiger partial charge in [-0.25, -0.2) is 5.01 Å². The number of carbonyl (C=O) groups excluding carboxylic acids is 3. The van der Waals surface area contributed by atoms with Crippen molar-refractivity contribution < 1.29 is 19.1 Å². The first-order chi connectivity index (χ1) is 10.9. The van der Waals surface area contributed by atoms with Gasteiger partial charge >= 0.3 is 0 Å². The van der Waals surface area contributed by atoms with Crippen LogP contribution in [0.15, 0.2) is 23.3 Å². The van der Waals surface area contributed by atoms with Crippen LogP contribution in [0.5, 0.6) is 5.75 Å². The average molecular weight is 339 g/mol. The van der Waals surface area contributed by atoms with E-state index in [1.165, 1.54) is 20.2 Å². The minimum Gasteiger partial charge on any atom is -0.496 e. The van der Waals surface area contributed by atoms with E-state index in [9.17, 15) is 14.4 Å². The molecule has 0 unspecified atom stereocenters. The number of hydrogen-bond acceptors (Lipinski definition) is 5. The fourth-order valence-corrected chi connectivity index (χ4v) is 2.12. The summed E-state index contributed by atoms with van der Waals surface area (Å²) in [6.45, 7) is 0. The molecular weight excluding hydrogens is 324 g/mol. The van der Waals surface area contributed by atoms with Crippen LogP contribution in [-0.2, 0) is 9.59 Å². The van der Waals surface area contributed by atoms with Crippen molar-refractivity contribution in [2.24, 2.45) is 5.10 Å².